The first kappa shape index (κ1) is 14.5. The lowest BCUT2D eigenvalue weighted by atomic mass is 10.2. The van der Waals surface area contributed by atoms with Crippen molar-refractivity contribution in [2.75, 3.05) is 0 Å². The zero-order valence-corrected chi connectivity index (χ0v) is 12.1. The summed E-state index contributed by atoms with van der Waals surface area (Å²) in [6.07, 6.45) is 1.20. The molecule has 6 nitrogen and oxygen atoms in total. The Bertz CT molecular complexity index is 707. The van der Waals surface area contributed by atoms with E-state index in [4.69, 9.17) is 0 Å². The minimum Gasteiger partial charge on any atom is -0.494 e. The largest absolute Gasteiger partial charge is 0.494 e. The van der Waals surface area contributed by atoms with E-state index >= 15 is 0 Å². The maximum atomic E-state index is 12.4. The van der Waals surface area contributed by atoms with Gasteiger partial charge in [0.1, 0.15) is 5.52 Å². The molecule has 0 spiro atoms. The van der Waals surface area contributed by atoms with E-state index in [1.165, 1.54) is 10.8 Å². The lowest BCUT2D eigenvalue weighted by Crippen LogP contribution is -2.24. The SMILES string of the molecule is CCC(O)c1cnc2c(C)c(O)n(C(C)C)c(=O)c2n1. The fraction of sp³-hybridized carbons (Fsp3) is 0.500. The number of nitrogens with zero attached hydrogens (tertiary/aromatic N) is 3. The Labute approximate surface area is 116 Å². The third-order valence-corrected chi connectivity index (χ3v) is 3.38. The Hall–Kier alpha value is -1.95. The van der Waals surface area contributed by atoms with Gasteiger partial charge in [-0.2, -0.15) is 0 Å². The molecule has 2 heterocycles. The predicted octanol–water partition coefficient (Wildman–Crippen LogP) is 1.83. The molecule has 6 heteroatoms. The van der Waals surface area contributed by atoms with Crippen LogP contribution in [-0.2, 0) is 0 Å². The summed E-state index contributed by atoms with van der Waals surface area (Å²) in [6, 6.07) is -0.188. The molecular formula is C14H19N3O3. The summed E-state index contributed by atoms with van der Waals surface area (Å²) in [7, 11) is 0. The number of rotatable bonds is 3. The van der Waals surface area contributed by atoms with E-state index in [1.807, 2.05) is 20.8 Å². The molecule has 1 unspecified atom stereocenters. The molecule has 2 N–H and O–H groups in total. The molecule has 0 aliphatic heterocycles. The smallest absolute Gasteiger partial charge is 0.281 e. The van der Waals surface area contributed by atoms with E-state index in [0.717, 1.165) is 0 Å². The maximum Gasteiger partial charge on any atom is 0.281 e. The van der Waals surface area contributed by atoms with Crippen molar-refractivity contribution in [3.05, 3.63) is 27.8 Å². The number of aromatic hydroxyl groups is 1. The second kappa shape index (κ2) is 5.20. The Balaban J connectivity index is 2.84. The molecule has 0 bridgehead atoms. The molecule has 1 atom stereocenters. The fourth-order valence-electron chi connectivity index (χ4n) is 2.17. The summed E-state index contributed by atoms with van der Waals surface area (Å²) in [6.45, 7) is 7.14. The Morgan fingerprint density at radius 1 is 1.35 bits per heavy atom. The van der Waals surface area contributed by atoms with Crippen LogP contribution < -0.4 is 5.56 Å². The fourth-order valence-corrected chi connectivity index (χ4v) is 2.17. The van der Waals surface area contributed by atoms with E-state index in [1.54, 1.807) is 6.92 Å². The Morgan fingerprint density at radius 2 is 2.00 bits per heavy atom. The molecule has 0 saturated heterocycles. The standard InChI is InChI=1S/C14H19N3O3/c1-5-10(18)9-6-15-11-8(4)13(19)17(7(2)3)14(20)12(11)16-9/h6-7,10,18-19H,5H2,1-4H3. The molecule has 108 valence electrons. The highest BCUT2D eigenvalue weighted by atomic mass is 16.3. The Kier molecular flexibility index (Phi) is 3.76. The normalized spacial score (nSPS) is 13.1. The first-order chi connectivity index (χ1) is 9.38. The van der Waals surface area contributed by atoms with Crippen molar-refractivity contribution in [3.8, 4) is 5.88 Å². The number of aliphatic hydroxyl groups excluding tert-OH is 1. The number of fused-ring (bicyclic) bond motifs is 1. The molecule has 0 amide bonds. The van der Waals surface area contributed by atoms with E-state index in [-0.39, 0.29) is 17.4 Å². The van der Waals surface area contributed by atoms with Gasteiger partial charge in [0.25, 0.3) is 5.56 Å². The van der Waals surface area contributed by atoms with Crippen LogP contribution in [0.1, 0.15) is 50.6 Å². The number of pyridine rings is 1. The first-order valence-electron chi connectivity index (χ1n) is 6.67. The number of aromatic nitrogens is 3. The van der Waals surface area contributed by atoms with Gasteiger partial charge in [-0.3, -0.25) is 14.3 Å². The summed E-state index contributed by atoms with van der Waals surface area (Å²) < 4.78 is 1.29. The van der Waals surface area contributed by atoms with Gasteiger partial charge in [0.05, 0.1) is 18.0 Å². The second-order valence-electron chi connectivity index (χ2n) is 5.13. The lowest BCUT2D eigenvalue weighted by molar-refractivity contribution is 0.169. The van der Waals surface area contributed by atoms with Gasteiger partial charge in [0.2, 0.25) is 0 Å². The number of aliphatic hydroxyl groups is 1. The third kappa shape index (κ3) is 2.16. The highest BCUT2D eigenvalue weighted by Crippen LogP contribution is 2.24. The van der Waals surface area contributed by atoms with Gasteiger partial charge in [-0.1, -0.05) is 6.92 Å². The van der Waals surface area contributed by atoms with Crippen LogP contribution in [0.3, 0.4) is 0 Å². The van der Waals surface area contributed by atoms with Gasteiger partial charge >= 0.3 is 0 Å². The van der Waals surface area contributed by atoms with Crippen molar-refractivity contribution in [1.29, 1.82) is 0 Å². The van der Waals surface area contributed by atoms with Crippen LogP contribution in [0.5, 0.6) is 5.88 Å². The summed E-state index contributed by atoms with van der Waals surface area (Å²) in [4.78, 5) is 20.8. The number of aryl methyl sites for hydroxylation is 1. The zero-order valence-electron chi connectivity index (χ0n) is 12.1. The van der Waals surface area contributed by atoms with Crippen molar-refractivity contribution in [3.63, 3.8) is 0 Å². The van der Waals surface area contributed by atoms with Gasteiger partial charge in [0.15, 0.2) is 11.4 Å². The molecular weight excluding hydrogens is 258 g/mol. The summed E-state index contributed by atoms with van der Waals surface area (Å²) in [5.41, 5.74) is 1.04. The average Bonchev–Trinajstić information content (AvgIpc) is 2.43. The van der Waals surface area contributed by atoms with Crippen molar-refractivity contribution >= 4 is 11.0 Å². The molecule has 20 heavy (non-hydrogen) atoms. The lowest BCUT2D eigenvalue weighted by Gasteiger charge is -2.16. The molecule has 0 saturated carbocycles. The van der Waals surface area contributed by atoms with E-state index in [2.05, 4.69) is 9.97 Å². The molecule has 0 radical (unpaired) electrons. The molecule has 2 aromatic heterocycles. The van der Waals surface area contributed by atoms with E-state index in [9.17, 15) is 15.0 Å². The maximum absolute atomic E-state index is 12.4. The third-order valence-electron chi connectivity index (χ3n) is 3.38. The van der Waals surface area contributed by atoms with Crippen LogP contribution in [0.15, 0.2) is 11.0 Å². The second-order valence-corrected chi connectivity index (χ2v) is 5.13. The van der Waals surface area contributed by atoms with Crippen LogP contribution >= 0.6 is 0 Å². The van der Waals surface area contributed by atoms with Gasteiger partial charge in [-0.15, -0.1) is 0 Å². The van der Waals surface area contributed by atoms with Crippen molar-refractivity contribution in [1.82, 2.24) is 14.5 Å². The molecule has 0 fully saturated rings. The van der Waals surface area contributed by atoms with E-state index in [0.29, 0.717) is 23.2 Å². The minimum atomic E-state index is -0.743. The zero-order chi connectivity index (χ0) is 15.0. The monoisotopic (exact) mass is 277 g/mol. The number of hydrogen-bond acceptors (Lipinski definition) is 5. The van der Waals surface area contributed by atoms with Crippen LogP contribution in [0.2, 0.25) is 0 Å². The minimum absolute atomic E-state index is 0.0874. The van der Waals surface area contributed by atoms with Gasteiger partial charge in [-0.25, -0.2) is 4.98 Å². The topological polar surface area (TPSA) is 88.2 Å². The average molecular weight is 277 g/mol. The molecule has 0 aliphatic rings. The van der Waals surface area contributed by atoms with Crippen LogP contribution in [0.25, 0.3) is 11.0 Å². The Morgan fingerprint density at radius 3 is 2.55 bits per heavy atom. The van der Waals surface area contributed by atoms with Crippen LogP contribution in [0, 0.1) is 6.92 Å². The van der Waals surface area contributed by atoms with Crippen molar-refractivity contribution in [2.45, 2.75) is 46.3 Å². The van der Waals surface area contributed by atoms with Gasteiger partial charge in [-0.05, 0) is 27.2 Å². The van der Waals surface area contributed by atoms with Crippen molar-refractivity contribution < 1.29 is 10.2 Å². The molecule has 2 aromatic rings. The van der Waals surface area contributed by atoms with Crippen molar-refractivity contribution in [2.24, 2.45) is 0 Å². The van der Waals surface area contributed by atoms with Crippen LogP contribution in [0.4, 0.5) is 0 Å². The van der Waals surface area contributed by atoms with Crippen LogP contribution in [-0.4, -0.2) is 24.7 Å². The predicted molar refractivity (Wildman–Crippen MR) is 75.8 cm³/mol. The number of hydrogen-bond donors (Lipinski definition) is 2. The first-order valence-corrected chi connectivity index (χ1v) is 6.67. The summed E-state index contributed by atoms with van der Waals surface area (Å²) >= 11 is 0. The molecule has 0 aliphatic carbocycles. The summed E-state index contributed by atoms with van der Waals surface area (Å²) in [5.74, 6) is -0.0874. The van der Waals surface area contributed by atoms with Gasteiger partial charge in [0, 0.05) is 11.6 Å². The molecule has 2 rings (SSSR count). The summed E-state index contributed by atoms with van der Waals surface area (Å²) in [5, 5.41) is 19.9. The highest BCUT2D eigenvalue weighted by Gasteiger charge is 2.18. The van der Waals surface area contributed by atoms with Gasteiger partial charge < -0.3 is 10.2 Å². The quantitative estimate of drug-likeness (QED) is 0.893. The highest BCUT2D eigenvalue weighted by molar-refractivity contribution is 5.78. The van der Waals surface area contributed by atoms with E-state index < -0.39 is 11.7 Å². The molecule has 0 aromatic carbocycles.